The number of tetrazole rings is 1. The first-order valence-corrected chi connectivity index (χ1v) is 7.60. The molecule has 1 saturated heterocycles. The zero-order chi connectivity index (χ0) is 16.9. The van der Waals surface area contributed by atoms with Crippen LogP contribution in [0.1, 0.15) is 23.2 Å². The Kier molecular flexibility index (Phi) is 4.80. The van der Waals surface area contributed by atoms with E-state index in [0.29, 0.717) is 30.9 Å². The fourth-order valence-corrected chi connectivity index (χ4v) is 2.70. The van der Waals surface area contributed by atoms with Crippen molar-refractivity contribution in [1.29, 1.82) is 0 Å². The van der Waals surface area contributed by atoms with Gasteiger partial charge in [-0.2, -0.15) is 0 Å². The van der Waals surface area contributed by atoms with E-state index in [1.165, 1.54) is 11.0 Å². The van der Waals surface area contributed by atoms with Crippen LogP contribution >= 0.6 is 0 Å². The van der Waals surface area contributed by atoms with Crippen molar-refractivity contribution in [2.24, 2.45) is 5.92 Å². The number of carbonyl (C=O) groups is 2. The van der Waals surface area contributed by atoms with E-state index >= 15 is 0 Å². The van der Waals surface area contributed by atoms with Crippen molar-refractivity contribution in [1.82, 2.24) is 25.5 Å². The molecule has 0 bridgehead atoms. The summed E-state index contributed by atoms with van der Waals surface area (Å²) in [5, 5.41) is 22.9. The molecule has 24 heavy (non-hydrogen) atoms. The number of carbonyl (C=O) groups excluding carboxylic acids is 1. The summed E-state index contributed by atoms with van der Waals surface area (Å²) in [4.78, 5) is 24.0. The standard InChI is InChI=1S/C15H17N5O4/c21-14(17-13(15(22)23)11-4-2-6-24-8-11)10-3-1-5-12(7-10)20-9-16-18-19-20/h1,3,5,7,9,11,13H,2,4,6,8H2,(H,17,21)(H,22,23). The number of amides is 1. The minimum Gasteiger partial charge on any atom is -0.480 e. The van der Waals surface area contributed by atoms with Gasteiger partial charge in [0, 0.05) is 18.1 Å². The van der Waals surface area contributed by atoms with Crippen LogP contribution in [0.4, 0.5) is 0 Å². The minimum atomic E-state index is -1.06. The number of aromatic nitrogens is 4. The summed E-state index contributed by atoms with van der Waals surface area (Å²) >= 11 is 0. The van der Waals surface area contributed by atoms with E-state index < -0.39 is 17.9 Å². The third-order valence-electron chi connectivity index (χ3n) is 3.94. The Balaban J connectivity index is 1.75. The average Bonchev–Trinajstić information content (AvgIpc) is 3.15. The number of benzene rings is 1. The van der Waals surface area contributed by atoms with Gasteiger partial charge in [-0.1, -0.05) is 6.07 Å². The van der Waals surface area contributed by atoms with Gasteiger partial charge in [-0.05, 0) is 41.5 Å². The van der Waals surface area contributed by atoms with Crippen LogP contribution in [0.15, 0.2) is 30.6 Å². The summed E-state index contributed by atoms with van der Waals surface area (Å²) in [5.41, 5.74) is 0.950. The predicted molar refractivity (Wildman–Crippen MR) is 81.6 cm³/mol. The highest BCUT2D eigenvalue weighted by atomic mass is 16.5. The molecule has 1 aliphatic rings. The van der Waals surface area contributed by atoms with Crippen molar-refractivity contribution in [3.8, 4) is 5.69 Å². The van der Waals surface area contributed by atoms with Crippen LogP contribution in [0.3, 0.4) is 0 Å². The zero-order valence-corrected chi connectivity index (χ0v) is 12.8. The maximum absolute atomic E-state index is 12.4. The van der Waals surface area contributed by atoms with E-state index in [4.69, 9.17) is 4.74 Å². The fraction of sp³-hybridized carbons (Fsp3) is 0.400. The maximum atomic E-state index is 12.4. The van der Waals surface area contributed by atoms with Crippen LogP contribution in [-0.4, -0.2) is 56.4 Å². The first-order valence-electron chi connectivity index (χ1n) is 7.60. The lowest BCUT2D eigenvalue weighted by atomic mass is 9.93. The van der Waals surface area contributed by atoms with E-state index in [2.05, 4.69) is 20.8 Å². The van der Waals surface area contributed by atoms with Crippen LogP contribution in [0.2, 0.25) is 0 Å². The number of ether oxygens (including phenoxy) is 1. The molecule has 0 spiro atoms. The second kappa shape index (κ2) is 7.18. The average molecular weight is 331 g/mol. The molecular weight excluding hydrogens is 314 g/mol. The van der Waals surface area contributed by atoms with Crippen molar-refractivity contribution in [2.45, 2.75) is 18.9 Å². The van der Waals surface area contributed by atoms with Gasteiger partial charge in [0.2, 0.25) is 0 Å². The van der Waals surface area contributed by atoms with E-state index in [0.717, 1.165) is 6.42 Å². The number of hydrogen-bond donors (Lipinski definition) is 2. The van der Waals surface area contributed by atoms with Gasteiger partial charge >= 0.3 is 5.97 Å². The lowest BCUT2D eigenvalue weighted by Crippen LogP contribution is -2.48. The van der Waals surface area contributed by atoms with Gasteiger partial charge in [0.15, 0.2) is 0 Å². The molecule has 1 aromatic carbocycles. The first-order chi connectivity index (χ1) is 11.6. The van der Waals surface area contributed by atoms with Gasteiger partial charge in [-0.3, -0.25) is 4.79 Å². The Bertz CT molecular complexity index is 712. The molecule has 2 heterocycles. The lowest BCUT2D eigenvalue weighted by molar-refractivity contribution is -0.142. The zero-order valence-electron chi connectivity index (χ0n) is 12.8. The van der Waals surface area contributed by atoms with Crippen molar-refractivity contribution < 1.29 is 19.4 Å². The summed E-state index contributed by atoms with van der Waals surface area (Å²) in [6.07, 6.45) is 2.91. The van der Waals surface area contributed by atoms with Crippen LogP contribution < -0.4 is 5.32 Å². The molecule has 2 atom stereocenters. The highest BCUT2D eigenvalue weighted by Crippen LogP contribution is 2.18. The van der Waals surface area contributed by atoms with Gasteiger partial charge in [-0.15, -0.1) is 5.10 Å². The third kappa shape index (κ3) is 3.57. The summed E-state index contributed by atoms with van der Waals surface area (Å²) in [5.74, 6) is -1.75. The SMILES string of the molecule is O=C(NC(C(=O)O)C1CCCOC1)c1cccc(-n2cnnn2)c1. The summed E-state index contributed by atoms with van der Waals surface area (Å²) in [7, 11) is 0. The summed E-state index contributed by atoms with van der Waals surface area (Å²) in [6.45, 7) is 0.965. The number of carboxylic acid groups (broad SMARTS) is 1. The molecule has 1 fully saturated rings. The number of rotatable bonds is 5. The van der Waals surface area contributed by atoms with Crippen LogP contribution in [0.25, 0.3) is 5.69 Å². The molecular formula is C15H17N5O4. The Labute approximate surface area is 137 Å². The van der Waals surface area contributed by atoms with E-state index in [1.807, 2.05) is 0 Å². The largest absolute Gasteiger partial charge is 0.480 e. The Morgan fingerprint density at radius 3 is 2.96 bits per heavy atom. The second-order valence-corrected chi connectivity index (χ2v) is 5.57. The molecule has 0 saturated carbocycles. The van der Waals surface area contributed by atoms with Crippen LogP contribution in [0.5, 0.6) is 0 Å². The molecule has 2 aromatic rings. The molecule has 0 aliphatic carbocycles. The minimum absolute atomic E-state index is 0.233. The summed E-state index contributed by atoms with van der Waals surface area (Å²) < 4.78 is 6.75. The number of nitrogens with one attached hydrogen (secondary N) is 1. The van der Waals surface area contributed by atoms with Gasteiger partial charge in [0.25, 0.3) is 5.91 Å². The molecule has 9 nitrogen and oxygen atoms in total. The van der Waals surface area contributed by atoms with Gasteiger partial charge in [0.1, 0.15) is 12.4 Å². The molecule has 2 unspecified atom stereocenters. The topological polar surface area (TPSA) is 119 Å². The molecule has 9 heteroatoms. The molecule has 0 radical (unpaired) electrons. The van der Waals surface area contributed by atoms with E-state index in [9.17, 15) is 14.7 Å². The highest BCUT2D eigenvalue weighted by Gasteiger charge is 2.31. The summed E-state index contributed by atoms with van der Waals surface area (Å²) in [6, 6.07) is 5.67. The molecule has 1 aliphatic heterocycles. The number of carboxylic acids is 1. The van der Waals surface area contributed by atoms with Gasteiger partial charge in [-0.25, -0.2) is 9.48 Å². The third-order valence-corrected chi connectivity index (χ3v) is 3.94. The Hall–Kier alpha value is -2.81. The smallest absolute Gasteiger partial charge is 0.326 e. The van der Waals surface area contributed by atoms with E-state index in [1.54, 1.807) is 24.3 Å². The number of nitrogens with zero attached hydrogens (tertiary/aromatic N) is 4. The first kappa shape index (κ1) is 16.1. The fourth-order valence-electron chi connectivity index (χ4n) is 2.70. The normalized spacial score (nSPS) is 18.8. The van der Waals surface area contributed by atoms with Gasteiger partial charge < -0.3 is 15.2 Å². The Morgan fingerprint density at radius 2 is 2.29 bits per heavy atom. The monoisotopic (exact) mass is 331 g/mol. The second-order valence-electron chi connectivity index (χ2n) is 5.57. The van der Waals surface area contributed by atoms with Crippen LogP contribution in [0, 0.1) is 5.92 Å². The molecule has 1 amide bonds. The molecule has 126 valence electrons. The van der Waals surface area contributed by atoms with Crippen molar-refractivity contribution >= 4 is 11.9 Å². The Morgan fingerprint density at radius 1 is 1.42 bits per heavy atom. The highest BCUT2D eigenvalue weighted by molar-refractivity contribution is 5.97. The van der Waals surface area contributed by atoms with Crippen molar-refractivity contribution in [2.75, 3.05) is 13.2 Å². The van der Waals surface area contributed by atoms with Crippen LogP contribution in [-0.2, 0) is 9.53 Å². The van der Waals surface area contributed by atoms with E-state index in [-0.39, 0.29) is 5.92 Å². The molecule has 1 aromatic heterocycles. The predicted octanol–water partition coefficient (Wildman–Crippen LogP) is 0.272. The van der Waals surface area contributed by atoms with Gasteiger partial charge in [0.05, 0.1) is 12.3 Å². The molecule has 3 rings (SSSR count). The number of hydrogen-bond acceptors (Lipinski definition) is 6. The molecule has 2 N–H and O–H groups in total. The lowest BCUT2D eigenvalue weighted by Gasteiger charge is -2.28. The maximum Gasteiger partial charge on any atom is 0.326 e. The van der Waals surface area contributed by atoms with Crippen molar-refractivity contribution in [3.63, 3.8) is 0 Å². The quantitative estimate of drug-likeness (QED) is 0.807. The number of aliphatic carboxylic acids is 1. The van der Waals surface area contributed by atoms with Crippen molar-refractivity contribution in [3.05, 3.63) is 36.2 Å².